The molecule has 0 fully saturated rings. The Morgan fingerprint density at radius 1 is 1.22 bits per heavy atom. The van der Waals surface area contributed by atoms with E-state index >= 15 is 0 Å². The van der Waals surface area contributed by atoms with Gasteiger partial charge in [-0.25, -0.2) is 0 Å². The van der Waals surface area contributed by atoms with Crippen molar-refractivity contribution < 1.29 is 0 Å². The fraction of sp³-hybridized carbons (Fsp3) is 0.562. The molecule has 0 heterocycles. The minimum absolute atomic E-state index is 0.730. The van der Waals surface area contributed by atoms with E-state index in [1.807, 2.05) is 24.3 Å². The Labute approximate surface area is 111 Å². The van der Waals surface area contributed by atoms with Crippen molar-refractivity contribution in [3.63, 3.8) is 0 Å². The molecule has 1 aromatic rings. The predicted octanol–water partition coefficient (Wildman–Crippen LogP) is 3.86. The molecule has 0 aliphatic carbocycles. The second kappa shape index (κ2) is 8.72. The zero-order chi connectivity index (χ0) is 13.2. The SMILES string of the molecule is CCCCC(CC)CNCc1ccc(C#N)cc1. The van der Waals surface area contributed by atoms with Crippen LogP contribution >= 0.6 is 0 Å². The highest BCUT2D eigenvalue weighted by atomic mass is 14.9. The molecule has 1 aromatic carbocycles. The average Bonchev–Trinajstić information content (AvgIpc) is 2.43. The lowest BCUT2D eigenvalue weighted by atomic mass is 9.99. The highest BCUT2D eigenvalue weighted by molar-refractivity contribution is 5.31. The molecule has 0 spiro atoms. The Morgan fingerprint density at radius 2 is 1.94 bits per heavy atom. The first-order valence-electron chi connectivity index (χ1n) is 6.99. The second-order valence-corrected chi connectivity index (χ2v) is 4.86. The van der Waals surface area contributed by atoms with Crippen LogP contribution in [0.25, 0.3) is 0 Å². The standard InChI is InChI=1S/C16H24N2/c1-3-5-6-14(4-2)12-18-13-16-9-7-15(11-17)8-10-16/h7-10,14,18H,3-6,12-13H2,1-2H3. The molecule has 1 atom stereocenters. The molecule has 0 amide bonds. The molecule has 18 heavy (non-hydrogen) atoms. The van der Waals surface area contributed by atoms with Crippen LogP contribution in [-0.2, 0) is 6.54 Å². The second-order valence-electron chi connectivity index (χ2n) is 4.86. The fourth-order valence-corrected chi connectivity index (χ4v) is 2.06. The van der Waals surface area contributed by atoms with Crippen molar-refractivity contribution >= 4 is 0 Å². The third kappa shape index (κ3) is 5.33. The first-order valence-corrected chi connectivity index (χ1v) is 6.99. The molecule has 1 N–H and O–H groups in total. The molecule has 2 heteroatoms. The van der Waals surface area contributed by atoms with E-state index < -0.39 is 0 Å². The summed E-state index contributed by atoms with van der Waals surface area (Å²) in [6, 6.07) is 9.95. The number of unbranched alkanes of at least 4 members (excludes halogenated alkanes) is 1. The third-order valence-corrected chi connectivity index (χ3v) is 3.39. The van der Waals surface area contributed by atoms with Crippen LogP contribution < -0.4 is 5.32 Å². The largest absolute Gasteiger partial charge is 0.312 e. The van der Waals surface area contributed by atoms with Crippen LogP contribution in [0, 0.1) is 17.2 Å². The van der Waals surface area contributed by atoms with Crippen LogP contribution in [0.4, 0.5) is 0 Å². The summed E-state index contributed by atoms with van der Waals surface area (Å²) in [5.74, 6) is 0.795. The van der Waals surface area contributed by atoms with Gasteiger partial charge < -0.3 is 5.32 Å². The lowest BCUT2D eigenvalue weighted by Gasteiger charge is -2.15. The van der Waals surface area contributed by atoms with E-state index in [-0.39, 0.29) is 0 Å². The van der Waals surface area contributed by atoms with Crippen molar-refractivity contribution in [2.45, 2.75) is 46.1 Å². The summed E-state index contributed by atoms with van der Waals surface area (Å²) < 4.78 is 0. The zero-order valence-electron chi connectivity index (χ0n) is 11.6. The Kier molecular flexibility index (Phi) is 7.13. The van der Waals surface area contributed by atoms with Gasteiger partial charge in [-0.2, -0.15) is 5.26 Å². The summed E-state index contributed by atoms with van der Waals surface area (Å²) >= 11 is 0. The molecular formula is C16H24N2. The zero-order valence-corrected chi connectivity index (χ0v) is 11.6. The Morgan fingerprint density at radius 3 is 2.50 bits per heavy atom. The monoisotopic (exact) mass is 244 g/mol. The maximum atomic E-state index is 8.73. The number of nitrogens with one attached hydrogen (secondary N) is 1. The number of benzene rings is 1. The van der Waals surface area contributed by atoms with E-state index in [0.717, 1.165) is 24.6 Å². The highest BCUT2D eigenvalue weighted by Gasteiger charge is 2.04. The molecule has 1 rings (SSSR count). The first kappa shape index (κ1) is 14.7. The summed E-state index contributed by atoms with van der Waals surface area (Å²) in [6.45, 7) is 6.51. The number of nitriles is 1. The van der Waals surface area contributed by atoms with Gasteiger partial charge in [-0.3, -0.25) is 0 Å². The van der Waals surface area contributed by atoms with Crippen molar-refractivity contribution in [1.29, 1.82) is 5.26 Å². The smallest absolute Gasteiger partial charge is 0.0991 e. The topological polar surface area (TPSA) is 35.8 Å². The van der Waals surface area contributed by atoms with Crippen molar-refractivity contribution in [2.75, 3.05) is 6.54 Å². The summed E-state index contributed by atoms with van der Waals surface area (Å²) in [4.78, 5) is 0. The van der Waals surface area contributed by atoms with Gasteiger partial charge in [0.15, 0.2) is 0 Å². The van der Waals surface area contributed by atoms with E-state index in [2.05, 4.69) is 25.2 Å². The van der Waals surface area contributed by atoms with Gasteiger partial charge in [-0.15, -0.1) is 0 Å². The summed E-state index contributed by atoms with van der Waals surface area (Å²) in [6.07, 6.45) is 5.19. The van der Waals surface area contributed by atoms with Crippen LogP contribution in [0.3, 0.4) is 0 Å². The molecular weight excluding hydrogens is 220 g/mol. The van der Waals surface area contributed by atoms with Crippen molar-refractivity contribution in [2.24, 2.45) is 5.92 Å². The summed E-state index contributed by atoms with van der Waals surface area (Å²) in [5.41, 5.74) is 1.98. The van der Waals surface area contributed by atoms with Gasteiger partial charge in [0, 0.05) is 6.54 Å². The summed E-state index contributed by atoms with van der Waals surface area (Å²) in [7, 11) is 0. The summed E-state index contributed by atoms with van der Waals surface area (Å²) in [5, 5.41) is 12.2. The molecule has 0 saturated heterocycles. The maximum Gasteiger partial charge on any atom is 0.0991 e. The Balaban J connectivity index is 2.29. The quantitative estimate of drug-likeness (QED) is 0.753. The van der Waals surface area contributed by atoms with Gasteiger partial charge in [0.05, 0.1) is 11.6 Å². The van der Waals surface area contributed by atoms with Crippen LogP contribution in [-0.4, -0.2) is 6.54 Å². The normalized spacial score (nSPS) is 12.1. The van der Waals surface area contributed by atoms with Gasteiger partial charge in [0.2, 0.25) is 0 Å². The molecule has 1 unspecified atom stereocenters. The molecule has 0 aliphatic rings. The van der Waals surface area contributed by atoms with Gasteiger partial charge in [-0.1, -0.05) is 45.2 Å². The minimum atomic E-state index is 0.730. The van der Waals surface area contributed by atoms with Crippen LogP contribution in [0.5, 0.6) is 0 Å². The Hall–Kier alpha value is -1.33. The molecule has 98 valence electrons. The molecule has 0 aromatic heterocycles. The maximum absolute atomic E-state index is 8.73. The van der Waals surface area contributed by atoms with Crippen molar-refractivity contribution in [3.05, 3.63) is 35.4 Å². The van der Waals surface area contributed by atoms with E-state index in [1.54, 1.807) is 0 Å². The highest BCUT2D eigenvalue weighted by Crippen LogP contribution is 2.11. The van der Waals surface area contributed by atoms with E-state index in [1.165, 1.54) is 31.2 Å². The fourth-order valence-electron chi connectivity index (χ4n) is 2.06. The Bertz CT molecular complexity index is 362. The average molecular weight is 244 g/mol. The van der Waals surface area contributed by atoms with Gasteiger partial charge in [0.1, 0.15) is 0 Å². The van der Waals surface area contributed by atoms with Crippen LogP contribution in [0.1, 0.15) is 50.7 Å². The minimum Gasteiger partial charge on any atom is -0.312 e. The third-order valence-electron chi connectivity index (χ3n) is 3.39. The predicted molar refractivity (Wildman–Crippen MR) is 76.2 cm³/mol. The van der Waals surface area contributed by atoms with Crippen molar-refractivity contribution in [3.8, 4) is 6.07 Å². The van der Waals surface area contributed by atoms with Gasteiger partial charge in [0.25, 0.3) is 0 Å². The van der Waals surface area contributed by atoms with E-state index in [9.17, 15) is 0 Å². The first-order chi connectivity index (χ1) is 8.80. The molecule has 0 aliphatic heterocycles. The van der Waals surface area contributed by atoms with Crippen molar-refractivity contribution in [1.82, 2.24) is 5.32 Å². The molecule has 2 nitrogen and oxygen atoms in total. The van der Waals surface area contributed by atoms with Gasteiger partial charge >= 0.3 is 0 Å². The molecule has 0 saturated carbocycles. The molecule has 0 radical (unpaired) electrons. The van der Waals surface area contributed by atoms with E-state index in [0.29, 0.717) is 0 Å². The van der Waals surface area contributed by atoms with Crippen LogP contribution in [0.15, 0.2) is 24.3 Å². The number of nitrogens with zero attached hydrogens (tertiary/aromatic N) is 1. The number of hydrogen-bond acceptors (Lipinski definition) is 2. The lowest BCUT2D eigenvalue weighted by molar-refractivity contribution is 0.419. The lowest BCUT2D eigenvalue weighted by Crippen LogP contribution is -2.22. The number of rotatable bonds is 8. The van der Waals surface area contributed by atoms with Crippen LogP contribution in [0.2, 0.25) is 0 Å². The molecule has 0 bridgehead atoms. The van der Waals surface area contributed by atoms with Gasteiger partial charge in [-0.05, 0) is 36.6 Å². The number of hydrogen-bond donors (Lipinski definition) is 1. The van der Waals surface area contributed by atoms with E-state index in [4.69, 9.17) is 5.26 Å².